The van der Waals surface area contributed by atoms with Crippen molar-refractivity contribution in [2.75, 3.05) is 6.61 Å². The summed E-state index contributed by atoms with van der Waals surface area (Å²) in [6.45, 7) is 7.27. The van der Waals surface area contributed by atoms with Gasteiger partial charge in [-0.25, -0.2) is 4.99 Å². The molecule has 0 atom stereocenters. The van der Waals surface area contributed by atoms with Crippen molar-refractivity contribution in [1.82, 2.24) is 0 Å². The summed E-state index contributed by atoms with van der Waals surface area (Å²) in [5, 5.41) is 0. The van der Waals surface area contributed by atoms with Crippen molar-refractivity contribution < 1.29 is 4.74 Å². The average molecular weight is 334 g/mol. The molecule has 138 valence electrons. The van der Waals surface area contributed by atoms with Crippen molar-refractivity contribution in [2.24, 2.45) is 4.99 Å². The lowest BCUT2D eigenvalue weighted by Gasteiger charge is -2.07. The SMILES string of the molecule is CCCC/C=C\C/C=C\CCCCCCCCC1=NC(C)(C)CO1. The first-order chi connectivity index (χ1) is 11.6. The number of hydrogen-bond donors (Lipinski definition) is 0. The molecule has 1 aliphatic rings. The molecule has 0 N–H and O–H groups in total. The normalized spacial score (nSPS) is 16.9. The number of rotatable bonds is 14. The number of hydrogen-bond acceptors (Lipinski definition) is 2. The number of aliphatic imine (C=N–C) groups is 1. The van der Waals surface area contributed by atoms with Gasteiger partial charge in [0.05, 0.1) is 5.54 Å². The Balaban J connectivity index is 1.83. The molecule has 1 heterocycles. The van der Waals surface area contributed by atoms with E-state index in [4.69, 9.17) is 4.74 Å². The van der Waals surface area contributed by atoms with Gasteiger partial charge < -0.3 is 4.74 Å². The molecule has 0 bridgehead atoms. The fourth-order valence-electron chi connectivity index (χ4n) is 2.86. The van der Waals surface area contributed by atoms with E-state index in [1.54, 1.807) is 0 Å². The largest absolute Gasteiger partial charge is 0.478 e. The minimum absolute atomic E-state index is 0.00808. The van der Waals surface area contributed by atoms with Crippen LogP contribution in [-0.4, -0.2) is 18.0 Å². The Hall–Kier alpha value is -1.05. The molecule has 0 saturated heterocycles. The van der Waals surface area contributed by atoms with E-state index in [9.17, 15) is 0 Å². The minimum atomic E-state index is 0.00808. The highest BCUT2D eigenvalue weighted by atomic mass is 16.5. The highest BCUT2D eigenvalue weighted by Gasteiger charge is 2.25. The maximum absolute atomic E-state index is 5.62. The molecule has 0 aliphatic carbocycles. The Morgan fingerprint density at radius 3 is 2.12 bits per heavy atom. The third-order valence-corrected chi connectivity index (χ3v) is 4.36. The second kappa shape index (κ2) is 13.3. The topological polar surface area (TPSA) is 21.6 Å². The van der Waals surface area contributed by atoms with E-state index < -0.39 is 0 Å². The Kier molecular flexibility index (Phi) is 11.6. The Bertz CT molecular complexity index is 393. The molecule has 1 rings (SSSR count). The van der Waals surface area contributed by atoms with Crippen LogP contribution in [0.2, 0.25) is 0 Å². The highest BCUT2D eigenvalue weighted by molar-refractivity contribution is 5.78. The molecule has 0 aromatic carbocycles. The summed E-state index contributed by atoms with van der Waals surface area (Å²) in [4.78, 5) is 4.61. The molecule has 0 unspecified atom stereocenters. The lowest BCUT2D eigenvalue weighted by Crippen LogP contribution is -2.17. The maximum Gasteiger partial charge on any atom is 0.183 e. The molecular weight excluding hydrogens is 294 g/mol. The lowest BCUT2D eigenvalue weighted by molar-refractivity contribution is 0.273. The van der Waals surface area contributed by atoms with Gasteiger partial charge in [0.15, 0.2) is 5.90 Å². The fourth-order valence-corrected chi connectivity index (χ4v) is 2.86. The molecule has 0 aromatic rings. The van der Waals surface area contributed by atoms with Crippen LogP contribution in [0.4, 0.5) is 0 Å². The molecule has 0 saturated carbocycles. The molecule has 24 heavy (non-hydrogen) atoms. The minimum Gasteiger partial charge on any atom is -0.478 e. The summed E-state index contributed by atoms with van der Waals surface area (Å²) in [7, 11) is 0. The highest BCUT2D eigenvalue weighted by Crippen LogP contribution is 2.19. The number of ether oxygens (including phenoxy) is 1. The summed E-state index contributed by atoms with van der Waals surface area (Å²) in [5.74, 6) is 0.980. The second-order valence-electron chi connectivity index (χ2n) is 7.59. The zero-order valence-corrected chi connectivity index (χ0v) is 16.4. The first-order valence-corrected chi connectivity index (χ1v) is 10.2. The lowest BCUT2D eigenvalue weighted by atomic mass is 10.1. The van der Waals surface area contributed by atoms with Crippen molar-refractivity contribution in [1.29, 1.82) is 0 Å². The van der Waals surface area contributed by atoms with Crippen LogP contribution in [0.5, 0.6) is 0 Å². The second-order valence-corrected chi connectivity index (χ2v) is 7.59. The Labute approximate surface area is 150 Å². The van der Waals surface area contributed by atoms with Crippen LogP contribution in [-0.2, 0) is 4.74 Å². The van der Waals surface area contributed by atoms with E-state index in [1.165, 1.54) is 64.2 Å². The Morgan fingerprint density at radius 2 is 1.50 bits per heavy atom. The van der Waals surface area contributed by atoms with Gasteiger partial charge in [-0.05, 0) is 46.0 Å². The summed E-state index contributed by atoms with van der Waals surface area (Å²) < 4.78 is 5.62. The fraction of sp³-hybridized carbons (Fsp3) is 0.773. The summed E-state index contributed by atoms with van der Waals surface area (Å²) >= 11 is 0. The van der Waals surface area contributed by atoms with Crippen LogP contribution in [0.3, 0.4) is 0 Å². The van der Waals surface area contributed by atoms with Gasteiger partial charge in [-0.2, -0.15) is 0 Å². The van der Waals surface area contributed by atoms with Gasteiger partial charge in [0, 0.05) is 6.42 Å². The van der Waals surface area contributed by atoms with Gasteiger partial charge >= 0.3 is 0 Å². The predicted octanol–water partition coefficient (Wildman–Crippen LogP) is 7.01. The van der Waals surface area contributed by atoms with Gasteiger partial charge in [-0.1, -0.05) is 69.8 Å². The van der Waals surface area contributed by atoms with Gasteiger partial charge in [-0.15, -0.1) is 0 Å². The number of nitrogens with zero attached hydrogens (tertiary/aromatic N) is 1. The van der Waals surface area contributed by atoms with Crippen LogP contribution < -0.4 is 0 Å². The molecule has 2 nitrogen and oxygen atoms in total. The molecule has 2 heteroatoms. The smallest absolute Gasteiger partial charge is 0.183 e. The molecule has 0 radical (unpaired) electrons. The third kappa shape index (κ3) is 11.5. The van der Waals surface area contributed by atoms with E-state index in [-0.39, 0.29) is 5.54 Å². The maximum atomic E-state index is 5.62. The zero-order valence-electron chi connectivity index (χ0n) is 16.4. The Morgan fingerprint density at radius 1 is 0.875 bits per heavy atom. The van der Waals surface area contributed by atoms with Gasteiger partial charge in [-0.3, -0.25) is 0 Å². The van der Waals surface area contributed by atoms with E-state index in [1.807, 2.05) is 0 Å². The molecule has 0 spiro atoms. The molecular formula is C22H39NO. The average Bonchev–Trinajstić information content (AvgIpc) is 2.90. The predicted molar refractivity (Wildman–Crippen MR) is 107 cm³/mol. The van der Waals surface area contributed by atoms with E-state index in [2.05, 4.69) is 50.1 Å². The van der Waals surface area contributed by atoms with Crippen molar-refractivity contribution in [2.45, 2.75) is 103 Å². The molecule has 1 aliphatic heterocycles. The molecule has 0 aromatic heterocycles. The standard InChI is InChI=1S/C22H39NO/c1-4-5-6-7-8-9-10-11-12-13-14-15-16-17-18-19-21-23-22(2,3)20-24-21/h7-8,10-11H,4-6,9,12-20H2,1-3H3/b8-7-,11-10-. The first kappa shape index (κ1) is 21.0. The van der Waals surface area contributed by atoms with Crippen molar-refractivity contribution in [3.05, 3.63) is 24.3 Å². The van der Waals surface area contributed by atoms with Crippen LogP contribution in [0.1, 0.15) is 97.8 Å². The van der Waals surface area contributed by atoms with Gasteiger partial charge in [0.25, 0.3) is 0 Å². The summed E-state index contributed by atoms with van der Waals surface area (Å²) in [5.41, 5.74) is 0.00808. The van der Waals surface area contributed by atoms with Crippen molar-refractivity contribution >= 4 is 5.90 Å². The quantitative estimate of drug-likeness (QED) is 0.247. The monoisotopic (exact) mass is 333 g/mol. The van der Waals surface area contributed by atoms with Crippen LogP contribution >= 0.6 is 0 Å². The van der Waals surface area contributed by atoms with Crippen molar-refractivity contribution in [3.63, 3.8) is 0 Å². The van der Waals surface area contributed by atoms with E-state index in [0.717, 1.165) is 25.3 Å². The first-order valence-electron chi connectivity index (χ1n) is 10.2. The zero-order chi connectivity index (χ0) is 17.5. The van der Waals surface area contributed by atoms with Crippen molar-refractivity contribution in [3.8, 4) is 0 Å². The van der Waals surface area contributed by atoms with Crippen LogP contribution in [0, 0.1) is 0 Å². The summed E-state index contributed by atoms with van der Waals surface area (Å²) in [6.07, 6.45) is 24.4. The molecule has 0 amide bonds. The van der Waals surface area contributed by atoms with Crippen LogP contribution in [0.15, 0.2) is 29.3 Å². The number of allylic oxidation sites excluding steroid dienone is 4. The third-order valence-electron chi connectivity index (χ3n) is 4.36. The van der Waals surface area contributed by atoms with E-state index in [0.29, 0.717) is 0 Å². The van der Waals surface area contributed by atoms with Gasteiger partial charge in [0.1, 0.15) is 6.61 Å². The number of unbranched alkanes of at least 4 members (excludes halogenated alkanes) is 8. The molecule has 0 fully saturated rings. The van der Waals surface area contributed by atoms with Crippen LogP contribution in [0.25, 0.3) is 0 Å². The van der Waals surface area contributed by atoms with E-state index >= 15 is 0 Å². The van der Waals surface area contributed by atoms with Gasteiger partial charge in [0.2, 0.25) is 0 Å². The summed E-state index contributed by atoms with van der Waals surface area (Å²) in [6, 6.07) is 0.